The lowest BCUT2D eigenvalue weighted by molar-refractivity contribution is 0.528. The van der Waals surface area contributed by atoms with Gasteiger partial charge >= 0.3 is 0 Å². The highest BCUT2D eigenvalue weighted by atomic mass is 19.1. The van der Waals surface area contributed by atoms with Crippen LogP contribution in [-0.4, -0.2) is 7.05 Å². The summed E-state index contributed by atoms with van der Waals surface area (Å²) in [6.45, 7) is 0. The summed E-state index contributed by atoms with van der Waals surface area (Å²) in [6.07, 6.45) is 0.312. The molecule has 100 valence electrons. The fourth-order valence-corrected chi connectivity index (χ4v) is 2.09. The molecular formula is C15H14F3N. The molecule has 1 atom stereocenters. The van der Waals surface area contributed by atoms with E-state index in [9.17, 15) is 13.2 Å². The maximum Gasteiger partial charge on any atom is 0.127 e. The molecule has 0 amide bonds. The number of rotatable bonds is 4. The first kappa shape index (κ1) is 13.6. The lowest BCUT2D eigenvalue weighted by atomic mass is 9.98. The fraction of sp³-hybridized carbons (Fsp3) is 0.200. The highest BCUT2D eigenvalue weighted by molar-refractivity contribution is 5.25. The van der Waals surface area contributed by atoms with Gasteiger partial charge < -0.3 is 5.32 Å². The minimum absolute atomic E-state index is 0.312. The van der Waals surface area contributed by atoms with E-state index >= 15 is 0 Å². The average Bonchev–Trinajstić information content (AvgIpc) is 2.36. The summed E-state index contributed by atoms with van der Waals surface area (Å²) in [4.78, 5) is 0. The van der Waals surface area contributed by atoms with Crippen LogP contribution in [-0.2, 0) is 6.42 Å². The van der Waals surface area contributed by atoms with Gasteiger partial charge in [-0.05, 0) is 37.2 Å². The minimum atomic E-state index is -0.626. The molecule has 2 aromatic rings. The third kappa shape index (κ3) is 3.35. The molecule has 0 saturated carbocycles. The van der Waals surface area contributed by atoms with Crippen LogP contribution in [0.3, 0.4) is 0 Å². The van der Waals surface area contributed by atoms with Gasteiger partial charge in [0, 0.05) is 17.7 Å². The molecule has 4 heteroatoms. The van der Waals surface area contributed by atoms with Crippen molar-refractivity contribution in [1.82, 2.24) is 5.32 Å². The Bertz CT molecular complexity index is 549. The van der Waals surface area contributed by atoms with Gasteiger partial charge in [-0.1, -0.05) is 18.2 Å². The molecule has 0 heterocycles. The summed E-state index contributed by atoms with van der Waals surface area (Å²) in [5, 5.41) is 2.96. The van der Waals surface area contributed by atoms with E-state index in [-0.39, 0.29) is 11.9 Å². The first-order valence-corrected chi connectivity index (χ1v) is 5.97. The Morgan fingerprint density at radius 3 is 2.21 bits per heavy atom. The third-order valence-corrected chi connectivity index (χ3v) is 2.99. The Morgan fingerprint density at radius 2 is 1.63 bits per heavy atom. The van der Waals surface area contributed by atoms with Gasteiger partial charge in [-0.15, -0.1) is 0 Å². The molecule has 0 radical (unpaired) electrons. The van der Waals surface area contributed by atoms with Crippen LogP contribution in [0.25, 0.3) is 0 Å². The average molecular weight is 265 g/mol. The molecular weight excluding hydrogens is 251 g/mol. The normalized spacial score (nSPS) is 12.4. The van der Waals surface area contributed by atoms with Crippen LogP contribution in [0.2, 0.25) is 0 Å². The van der Waals surface area contributed by atoms with Crippen molar-refractivity contribution in [3.63, 3.8) is 0 Å². The molecule has 0 aliphatic carbocycles. The lowest BCUT2D eigenvalue weighted by Crippen LogP contribution is -2.20. The van der Waals surface area contributed by atoms with Crippen LogP contribution in [0.15, 0.2) is 42.5 Å². The summed E-state index contributed by atoms with van der Waals surface area (Å²) in [7, 11) is 1.69. The highest BCUT2D eigenvalue weighted by Gasteiger charge is 2.15. The Balaban J connectivity index is 2.26. The SMILES string of the molecule is CNC(Cc1cc(F)cc(F)c1)c1ccccc1F. The van der Waals surface area contributed by atoms with Crippen LogP contribution < -0.4 is 5.32 Å². The van der Waals surface area contributed by atoms with Crippen molar-refractivity contribution in [2.45, 2.75) is 12.5 Å². The van der Waals surface area contributed by atoms with Crippen molar-refractivity contribution < 1.29 is 13.2 Å². The van der Waals surface area contributed by atoms with Crippen molar-refractivity contribution in [1.29, 1.82) is 0 Å². The van der Waals surface area contributed by atoms with Crippen molar-refractivity contribution in [2.75, 3.05) is 7.05 Å². The number of benzene rings is 2. The number of likely N-dealkylation sites (N-methyl/N-ethyl adjacent to an activating group) is 1. The number of hydrogen-bond donors (Lipinski definition) is 1. The molecule has 2 aromatic carbocycles. The monoisotopic (exact) mass is 265 g/mol. The smallest absolute Gasteiger partial charge is 0.127 e. The first-order valence-electron chi connectivity index (χ1n) is 5.97. The summed E-state index contributed by atoms with van der Waals surface area (Å²) >= 11 is 0. The molecule has 0 spiro atoms. The Hall–Kier alpha value is -1.81. The zero-order valence-corrected chi connectivity index (χ0v) is 10.5. The Morgan fingerprint density at radius 1 is 1.00 bits per heavy atom. The molecule has 0 bridgehead atoms. The summed E-state index contributed by atoms with van der Waals surface area (Å²) in [5.74, 6) is -1.59. The van der Waals surface area contributed by atoms with Gasteiger partial charge in [0.2, 0.25) is 0 Å². The van der Waals surface area contributed by atoms with Gasteiger partial charge in [0.1, 0.15) is 17.5 Å². The van der Waals surface area contributed by atoms with Gasteiger partial charge in [-0.3, -0.25) is 0 Å². The second-order valence-electron chi connectivity index (χ2n) is 4.34. The standard InChI is InChI=1S/C15H14F3N/c1-19-15(13-4-2-3-5-14(13)18)8-10-6-11(16)9-12(17)7-10/h2-7,9,15,19H,8H2,1H3. The molecule has 1 unspecified atom stereocenters. The summed E-state index contributed by atoms with van der Waals surface area (Å²) in [5.41, 5.74) is 0.967. The van der Waals surface area contributed by atoms with Gasteiger partial charge in [-0.25, -0.2) is 13.2 Å². The van der Waals surface area contributed by atoms with E-state index in [2.05, 4.69) is 5.32 Å². The van der Waals surface area contributed by atoms with E-state index in [0.717, 1.165) is 6.07 Å². The summed E-state index contributed by atoms with van der Waals surface area (Å²) < 4.78 is 40.0. The van der Waals surface area contributed by atoms with Crippen LogP contribution in [0.5, 0.6) is 0 Å². The molecule has 0 aliphatic heterocycles. The predicted octanol–water partition coefficient (Wildman–Crippen LogP) is 3.61. The van der Waals surface area contributed by atoms with Gasteiger partial charge in [0.15, 0.2) is 0 Å². The molecule has 0 fully saturated rings. The van der Waals surface area contributed by atoms with E-state index < -0.39 is 11.6 Å². The van der Waals surface area contributed by atoms with Gasteiger partial charge in [-0.2, -0.15) is 0 Å². The van der Waals surface area contributed by atoms with Crippen molar-refractivity contribution in [2.24, 2.45) is 0 Å². The number of nitrogens with one attached hydrogen (secondary N) is 1. The zero-order valence-electron chi connectivity index (χ0n) is 10.5. The van der Waals surface area contributed by atoms with E-state index in [4.69, 9.17) is 0 Å². The maximum absolute atomic E-state index is 13.7. The second-order valence-corrected chi connectivity index (χ2v) is 4.34. The van der Waals surface area contributed by atoms with E-state index in [1.54, 1.807) is 25.2 Å². The van der Waals surface area contributed by atoms with E-state index in [0.29, 0.717) is 17.5 Å². The molecule has 0 aliphatic rings. The molecule has 19 heavy (non-hydrogen) atoms. The van der Waals surface area contributed by atoms with Crippen LogP contribution in [0.1, 0.15) is 17.2 Å². The van der Waals surface area contributed by atoms with E-state index in [1.165, 1.54) is 18.2 Å². The molecule has 1 N–H and O–H groups in total. The number of halogens is 3. The summed E-state index contributed by atoms with van der Waals surface area (Å²) in [6, 6.07) is 9.37. The largest absolute Gasteiger partial charge is 0.313 e. The molecule has 0 aromatic heterocycles. The van der Waals surface area contributed by atoms with Crippen LogP contribution >= 0.6 is 0 Å². The molecule has 2 rings (SSSR count). The zero-order chi connectivity index (χ0) is 13.8. The number of hydrogen-bond acceptors (Lipinski definition) is 1. The predicted molar refractivity (Wildman–Crippen MR) is 68.3 cm³/mol. The molecule has 0 saturated heterocycles. The lowest BCUT2D eigenvalue weighted by Gasteiger charge is -2.17. The van der Waals surface area contributed by atoms with Crippen molar-refractivity contribution in [3.05, 3.63) is 71.0 Å². The minimum Gasteiger partial charge on any atom is -0.313 e. The Labute approximate surface area is 110 Å². The van der Waals surface area contributed by atoms with Gasteiger partial charge in [0.05, 0.1) is 0 Å². The highest BCUT2D eigenvalue weighted by Crippen LogP contribution is 2.21. The third-order valence-electron chi connectivity index (χ3n) is 2.99. The van der Waals surface area contributed by atoms with Crippen molar-refractivity contribution >= 4 is 0 Å². The van der Waals surface area contributed by atoms with Crippen LogP contribution in [0.4, 0.5) is 13.2 Å². The van der Waals surface area contributed by atoms with Crippen LogP contribution in [0, 0.1) is 17.5 Å². The molecule has 1 nitrogen and oxygen atoms in total. The maximum atomic E-state index is 13.7. The fourth-order valence-electron chi connectivity index (χ4n) is 2.09. The quantitative estimate of drug-likeness (QED) is 0.890. The second kappa shape index (κ2) is 5.89. The first-order chi connectivity index (χ1) is 9.10. The topological polar surface area (TPSA) is 12.0 Å². The Kier molecular flexibility index (Phi) is 4.22. The van der Waals surface area contributed by atoms with Crippen molar-refractivity contribution in [3.8, 4) is 0 Å². The van der Waals surface area contributed by atoms with Gasteiger partial charge in [0.25, 0.3) is 0 Å². The van der Waals surface area contributed by atoms with E-state index in [1.807, 2.05) is 0 Å².